The number of amides is 1. The Labute approximate surface area is 137 Å². The topological polar surface area (TPSA) is 72.0 Å². The molecule has 0 aliphatic heterocycles. The molecule has 1 aromatic heterocycles. The van der Waals surface area contributed by atoms with E-state index >= 15 is 0 Å². The van der Waals surface area contributed by atoms with E-state index in [1.165, 1.54) is 23.1 Å². The first-order valence-corrected chi connectivity index (χ1v) is 8.61. The fourth-order valence-corrected chi connectivity index (χ4v) is 3.36. The van der Waals surface area contributed by atoms with Crippen LogP contribution in [0.2, 0.25) is 0 Å². The lowest BCUT2D eigenvalue weighted by atomic mass is 10.1. The summed E-state index contributed by atoms with van der Waals surface area (Å²) in [6.07, 6.45) is 0. The van der Waals surface area contributed by atoms with Crippen LogP contribution in [0.15, 0.2) is 34.1 Å². The number of carbonyl (C=O) groups is 2. The summed E-state index contributed by atoms with van der Waals surface area (Å²) in [6.45, 7) is 5.52. The van der Waals surface area contributed by atoms with Gasteiger partial charge in [-0.2, -0.15) is 0 Å². The van der Waals surface area contributed by atoms with Crippen molar-refractivity contribution in [3.05, 3.63) is 35.3 Å². The van der Waals surface area contributed by atoms with E-state index in [0.717, 1.165) is 4.34 Å². The first-order valence-electron chi connectivity index (χ1n) is 6.85. The summed E-state index contributed by atoms with van der Waals surface area (Å²) in [6, 6.07) is 6.95. The van der Waals surface area contributed by atoms with Crippen LogP contribution in [-0.2, 0) is 4.79 Å². The SMILES string of the molecule is CC(C)C(=O)Nc1ccc(C(=O)C(C)Sc2nncs2)cc1. The molecule has 0 radical (unpaired) electrons. The Bertz CT molecular complexity index is 639. The van der Waals surface area contributed by atoms with Crippen molar-refractivity contribution in [3.63, 3.8) is 0 Å². The highest BCUT2D eigenvalue weighted by molar-refractivity contribution is 8.02. The molecule has 2 rings (SSSR count). The molecule has 0 bridgehead atoms. The molecule has 116 valence electrons. The van der Waals surface area contributed by atoms with Crippen LogP contribution in [0, 0.1) is 5.92 Å². The van der Waals surface area contributed by atoms with Gasteiger partial charge in [0.05, 0.1) is 5.25 Å². The van der Waals surface area contributed by atoms with Crippen LogP contribution in [0.25, 0.3) is 0 Å². The predicted octanol–water partition coefficient (Wildman–Crippen LogP) is 3.50. The van der Waals surface area contributed by atoms with Gasteiger partial charge in [-0.25, -0.2) is 0 Å². The second-order valence-corrected chi connectivity index (χ2v) is 7.47. The van der Waals surface area contributed by atoms with Crippen molar-refractivity contribution in [1.82, 2.24) is 10.2 Å². The zero-order valence-corrected chi connectivity index (χ0v) is 14.2. The molecule has 1 N–H and O–H groups in total. The van der Waals surface area contributed by atoms with E-state index in [-0.39, 0.29) is 22.9 Å². The van der Waals surface area contributed by atoms with Crippen molar-refractivity contribution in [2.45, 2.75) is 30.4 Å². The zero-order chi connectivity index (χ0) is 16.1. The van der Waals surface area contributed by atoms with Gasteiger partial charge in [-0.3, -0.25) is 9.59 Å². The minimum absolute atomic E-state index is 0.0296. The number of nitrogens with zero attached hydrogens (tertiary/aromatic N) is 2. The van der Waals surface area contributed by atoms with Gasteiger partial charge in [-0.05, 0) is 31.2 Å². The molecule has 0 aliphatic carbocycles. The molecule has 2 aromatic rings. The largest absolute Gasteiger partial charge is 0.326 e. The maximum atomic E-state index is 12.4. The van der Waals surface area contributed by atoms with E-state index in [1.54, 1.807) is 29.8 Å². The van der Waals surface area contributed by atoms with Crippen LogP contribution in [0.4, 0.5) is 5.69 Å². The number of nitrogens with one attached hydrogen (secondary N) is 1. The van der Waals surface area contributed by atoms with E-state index in [1.807, 2.05) is 20.8 Å². The minimum atomic E-state index is -0.232. The van der Waals surface area contributed by atoms with Crippen LogP contribution in [0.3, 0.4) is 0 Å². The molecule has 22 heavy (non-hydrogen) atoms. The summed E-state index contributed by atoms with van der Waals surface area (Å²) in [7, 11) is 0. The molecule has 1 heterocycles. The first kappa shape index (κ1) is 16.6. The summed E-state index contributed by atoms with van der Waals surface area (Å²) < 4.78 is 0.779. The van der Waals surface area contributed by atoms with Gasteiger partial charge in [0.2, 0.25) is 5.91 Å². The summed E-state index contributed by atoms with van der Waals surface area (Å²) in [4.78, 5) is 24.0. The second-order valence-electron chi connectivity index (χ2n) is 5.05. The van der Waals surface area contributed by atoms with Crippen molar-refractivity contribution in [2.75, 3.05) is 5.32 Å². The quantitative estimate of drug-likeness (QED) is 0.646. The van der Waals surface area contributed by atoms with Crippen LogP contribution in [0.1, 0.15) is 31.1 Å². The van der Waals surface area contributed by atoms with Gasteiger partial charge in [0, 0.05) is 17.2 Å². The lowest BCUT2D eigenvalue weighted by Crippen LogP contribution is -2.18. The molecule has 1 unspecified atom stereocenters. The van der Waals surface area contributed by atoms with E-state index in [2.05, 4.69) is 15.5 Å². The minimum Gasteiger partial charge on any atom is -0.326 e. The number of ketones is 1. The highest BCUT2D eigenvalue weighted by atomic mass is 32.2. The van der Waals surface area contributed by atoms with Crippen LogP contribution in [-0.4, -0.2) is 27.1 Å². The van der Waals surface area contributed by atoms with E-state index in [9.17, 15) is 9.59 Å². The molecule has 0 aliphatic rings. The van der Waals surface area contributed by atoms with Gasteiger partial charge in [0.15, 0.2) is 10.1 Å². The molecule has 0 saturated carbocycles. The maximum absolute atomic E-state index is 12.4. The Morgan fingerprint density at radius 3 is 2.41 bits per heavy atom. The number of benzene rings is 1. The number of thioether (sulfide) groups is 1. The molecule has 0 fully saturated rings. The Morgan fingerprint density at radius 1 is 1.18 bits per heavy atom. The average Bonchev–Trinajstić information content (AvgIpc) is 3.00. The predicted molar refractivity (Wildman–Crippen MR) is 89.5 cm³/mol. The third-order valence-corrected chi connectivity index (χ3v) is 4.86. The van der Waals surface area contributed by atoms with Gasteiger partial charge < -0.3 is 5.32 Å². The lowest BCUT2D eigenvalue weighted by molar-refractivity contribution is -0.118. The summed E-state index contributed by atoms with van der Waals surface area (Å²) >= 11 is 2.81. The fourth-order valence-electron chi connectivity index (χ4n) is 1.66. The number of hydrogen-bond acceptors (Lipinski definition) is 6. The van der Waals surface area contributed by atoms with Gasteiger partial charge in [0.1, 0.15) is 5.51 Å². The third kappa shape index (κ3) is 4.38. The number of Topliss-reactive ketones (excluding diaryl/α,β-unsaturated/α-hetero) is 1. The molecule has 1 atom stereocenters. The van der Waals surface area contributed by atoms with Crippen LogP contribution < -0.4 is 5.32 Å². The van der Waals surface area contributed by atoms with Crippen molar-refractivity contribution in [2.24, 2.45) is 5.92 Å². The lowest BCUT2D eigenvalue weighted by Gasteiger charge is -2.10. The molecule has 0 saturated heterocycles. The van der Waals surface area contributed by atoms with Gasteiger partial charge in [0.25, 0.3) is 0 Å². The number of carbonyl (C=O) groups excluding carboxylic acids is 2. The highest BCUT2D eigenvalue weighted by Crippen LogP contribution is 2.26. The van der Waals surface area contributed by atoms with E-state index < -0.39 is 0 Å². The van der Waals surface area contributed by atoms with Gasteiger partial charge >= 0.3 is 0 Å². The van der Waals surface area contributed by atoms with Crippen molar-refractivity contribution in [1.29, 1.82) is 0 Å². The molecular formula is C15H17N3O2S2. The van der Waals surface area contributed by atoms with Gasteiger partial charge in [-0.1, -0.05) is 36.9 Å². The summed E-state index contributed by atoms with van der Waals surface area (Å²) in [5.74, 6) is -0.0918. The number of aromatic nitrogens is 2. The molecular weight excluding hydrogens is 318 g/mol. The highest BCUT2D eigenvalue weighted by Gasteiger charge is 2.18. The van der Waals surface area contributed by atoms with E-state index in [0.29, 0.717) is 11.3 Å². The first-order chi connectivity index (χ1) is 10.5. The normalized spacial score (nSPS) is 12.2. The molecule has 1 aromatic carbocycles. The van der Waals surface area contributed by atoms with Crippen molar-refractivity contribution < 1.29 is 9.59 Å². The standard InChI is InChI=1S/C15H17N3O2S2/c1-9(2)14(20)17-12-6-4-11(5-7-12)13(19)10(3)22-15-18-16-8-21-15/h4-10H,1-3H3,(H,17,20). The zero-order valence-electron chi connectivity index (χ0n) is 12.6. The van der Waals surface area contributed by atoms with E-state index in [4.69, 9.17) is 0 Å². The number of hydrogen-bond donors (Lipinski definition) is 1. The summed E-state index contributed by atoms with van der Waals surface area (Å²) in [5.41, 5.74) is 2.96. The Balaban J connectivity index is 2.00. The molecule has 1 amide bonds. The average molecular weight is 335 g/mol. The van der Waals surface area contributed by atoms with Crippen molar-refractivity contribution in [3.8, 4) is 0 Å². The van der Waals surface area contributed by atoms with Crippen LogP contribution in [0.5, 0.6) is 0 Å². The number of rotatable bonds is 6. The second kappa shape index (κ2) is 7.51. The number of anilines is 1. The van der Waals surface area contributed by atoms with Crippen LogP contribution >= 0.6 is 23.1 Å². The van der Waals surface area contributed by atoms with Crippen molar-refractivity contribution >= 4 is 40.5 Å². The third-order valence-electron chi connectivity index (χ3n) is 2.95. The van der Waals surface area contributed by atoms with Gasteiger partial charge in [-0.15, -0.1) is 10.2 Å². The smallest absolute Gasteiger partial charge is 0.226 e. The Kier molecular flexibility index (Phi) is 5.68. The monoisotopic (exact) mass is 335 g/mol. The maximum Gasteiger partial charge on any atom is 0.226 e. The Morgan fingerprint density at radius 2 is 1.86 bits per heavy atom. The molecule has 7 heteroatoms. The summed E-state index contributed by atoms with van der Waals surface area (Å²) in [5, 5.41) is 10.3. The molecule has 0 spiro atoms. The fraction of sp³-hybridized carbons (Fsp3) is 0.333. The molecule has 5 nitrogen and oxygen atoms in total. The Hall–Kier alpha value is -1.73.